The zero-order valence-corrected chi connectivity index (χ0v) is 10.5. The van der Waals surface area contributed by atoms with Gasteiger partial charge in [-0.2, -0.15) is 0 Å². The zero-order chi connectivity index (χ0) is 13.0. The van der Waals surface area contributed by atoms with E-state index in [1.165, 1.54) is 0 Å². The number of carbonyl (C=O) groups excluding carboxylic acids is 1. The molecule has 0 saturated heterocycles. The van der Waals surface area contributed by atoms with E-state index < -0.39 is 6.04 Å². The van der Waals surface area contributed by atoms with Crippen molar-refractivity contribution < 1.29 is 4.79 Å². The highest BCUT2D eigenvalue weighted by Crippen LogP contribution is 2.19. The van der Waals surface area contributed by atoms with Gasteiger partial charge < -0.3 is 5.73 Å². The van der Waals surface area contributed by atoms with Gasteiger partial charge in [0.2, 0.25) is 0 Å². The molecule has 1 unspecified atom stereocenters. The number of hydrogen-bond acceptors (Lipinski definition) is 2. The normalized spacial score (nSPS) is 12.1. The SMILES string of the molecule is CCC(N)C(=O)c1ccc(-c2ccccc2)cc1. The van der Waals surface area contributed by atoms with Gasteiger partial charge in [0.1, 0.15) is 0 Å². The van der Waals surface area contributed by atoms with Crippen molar-refractivity contribution in [1.82, 2.24) is 0 Å². The Hall–Kier alpha value is -1.93. The Labute approximate surface area is 107 Å². The van der Waals surface area contributed by atoms with Gasteiger partial charge in [0.25, 0.3) is 0 Å². The fourth-order valence-corrected chi connectivity index (χ4v) is 1.86. The molecule has 0 saturated carbocycles. The van der Waals surface area contributed by atoms with Gasteiger partial charge in [0.15, 0.2) is 5.78 Å². The predicted octanol–water partition coefficient (Wildman–Crippen LogP) is 3.27. The molecule has 2 N–H and O–H groups in total. The summed E-state index contributed by atoms with van der Waals surface area (Å²) in [5, 5.41) is 0. The number of rotatable bonds is 4. The Morgan fingerprint density at radius 1 is 1.00 bits per heavy atom. The Bertz CT molecular complexity index is 517. The molecule has 0 heterocycles. The predicted molar refractivity (Wildman–Crippen MR) is 74.5 cm³/mol. The topological polar surface area (TPSA) is 43.1 Å². The molecule has 2 aromatic rings. The van der Waals surface area contributed by atoms with Gasteiger partial charge in [-0.1, -0.05) is 61.5 Å². The monoisotopic (exact) mass is 239 g/mol. The summed E-state index contributed by atoms with van der Waals surface area (Å²) in [5.74, 6) is 0.0112. The van der Waals surface area contributed by atoms with Crippen molar-refractivity contribution in [2.24, 2.45) is 5.73 Å². The largest absolute Gasteiger partial charge is 0.321 e. The van der Waals surface area contributed by atoms with Gasteiger partial charge in [-0.15, -0.1) is 0 Å². The van der Waals surface area contributed by atoms with Crippen LogP contribution in [0.2, 0.25) is 0 Å². The van der Waals surface area contributed by atoms with Crippen LogP contribution in [0.1, 0.15) is 23.7 Å². The van der Waals surface area contributed by atoms with Crippen LogP contribution in [-0.2, 0) is 0 Å². The third kappa shape index (κ3) is 2.66. The highest BCUT2D eigenvalue weighted by molar-refractivity contribution is 6.00. The van der Waals surface area contributed by atoms with Crippen LogP contribution in [-0.4, -0.2) is 11.8 Å². The van der Waals surface area contributed by atoms with Crippen LogP contribution in [0.3, 0.4) is 0 Å². The second-order valence-corrected chi connectivity index (χ2v) is 4.32. The van der Waals surface area contributed by atoms with Crippen molar-refractivity contribution in [3.8, 4) is 11.1 Å². The fraction of sp³-hybridized carbons (Fsp3) is 0.188. The summed E-state index contributed by atoms with van der Waals surface area (Å²) < 4.78 is 0. The summed E-state index contributed by atoms with van der Waals surface area (Å²) >= 11 is 0. The van der Waals surface area contributed by atoms with Crippen LogP contribution >= 0.6 is 0 Å². The molecule has 2 rings (SSSR count). The van der Waals surface area contributed by atoms with Gasteiger partial charge in [0.05, 0.1) is 6.04 Å². The van der Waals surface area contributed by atoms with E-state index >= 15 is 0 Å². The molecule has 0 aromatic heterocycles. The molecular formula is C16H17NO. The summed E-state index contributed by atoms with van der Waals surface area (Å²) in [6.07, 6.45) is 0.666. The van der Waals surface area contributed by atoms with Crippen molar-refractivity contribution in [2.75, 3.05) is 0 Å². The number of carbonyl (C=O) groups is 1. The first kappa shape index (κ1) is 12.5. The van der Waals surface area contributed by atoms with E-state index in [1.807, 2.05) is 49.4 Å². The van der Waals surface area contributed by atoms with E-state index in [0.717, 1.165) is 11.1 Å². The summed E-state index contributed by atoms with van der Waals surface area (Å²) in [6, 6.07) is 17.3. The first-order valence-corrected chi connectivity index (χ1v) is 6.17. The smallest absolute Gasteiger partial charge is 0.179 e. The van der Waals surface area contributed by atoms with E-state index in [0.29, 0.717) is 12.0 Å². The molecule has 18 heavy (non-hydrogen) atoms. The molecule has 0 fully saturated rings. The zero-order valence-electron chi connectivity index (χ0n) is 10.5. The molecule has 2 nitrogen and oxygen atoms in total. The minimum absolute atomic E-state index is 0.0112. The Morgan fingerprint density at radius 2 is 1.56 bits per heavy atom. The molecule has 0 aliphatic rings. The van der Waals surface area contributed by atoms with Crippen molar-refractivity contribution in [3.63, 3.8) is 0 Å². The fourth-order valence-electron chi connectivity index (χ4n) is 1.86. The summed E-state index contributed by atoms with van der Waals surface area (Å²) in [4.78, 5) is 11.9. The van der Waals surface area contributed by atoms with Crippen LogP contribution in [0.4, 0.5) is 0 Å². The maximum Gasteiger partial charge on any atom is 0.179 e. The molecule has 0 spiro atoms. The van der Waals surface area contributed by atoms with E-state index in [-0.39, 0.29) is 5.78 Å². The highest BCUT2D eigenvalue weighted by Gasteiger charge is 2.13. The number of hydrogen-bond donors (Lipinski definition) is 1. The highest BCUT2D eigenvalue weighted by atomic mass is 16.1. The third-order valence-corrected chi connectivity index (χ3v) is 3.05. The van der Waals surface area contributed by atoms with Crippen molar-refractivity contribution in [3.05, 3.63) is 60.2 Å². The van der Waals surface area contributed by atoms with Gasteiger partial charge in [0, 0.05) is 5.56 Å². The lowest BCUT2D eigenvalue weighted by atomic mass is 9.99. The summed E-state index contributed by atoms with van der Waals surface area (Å²) in [7, 11) is 0. The van der Waals surface area contributed by atoms with Crippen LogP contribution < -0.4 is 5.73 Å². The van der Waals surface area contributed by atoms with Crippen LogP contribution in [0.5, 0.6) is 0 Å². The molecule has 2 aromatic carbocycles. The first-order valence-electron chi connectivity index (χ1n) is 6.17. The number of Topliss-reactive ketones (excluding diaryl/α,β-unsaturated/α-hetero) is 1. The molecule has 0 aliphatic carbocycles. The molecule has 92 valence electrons. The maximum atomic E-state index is 11.9. The molecule has 0 amide bonds. The molecule has 0 radical (unpaired) electrons. The Morgan fingerprint density at radius 3 is 2.11 bits per heavy atom. The second kappa shape index (κ2) is 5.61. The lowest BCUT2D eigenvalue weighted by molar-refractivity contribution is 0.0959. The standard InChI is InChI=1S/C16H17NO/c1-2-15(17)16(18)14-10-8-13(9-11-14)12-6-4-3-5-7-12/h3-11,15H,2,17H2,1H3. The molecular weight excluding hydrogens is 222 g/mol. The first-order chi connectivity index (χ1) is 8.72. The average molecular weight is 239 g/mol. The van der Waals surface area contributed by atoms with E-state index in [4.69, 9.17) is 5.73 Å². The summed E-state index contributed by atoms with van der Waals surface area (Å²) in [5.41, 5.74) is 8.69. The lowest BCUT2D eigenvalue weighted by Gasteiger charge is -2.08. The molecule has 0 bridgehead atoms. The van der Waals surface area contributed by atoms with Crippen LogP contribution in [0.15, 0.2) is 54.6 Å². The average Bonchev–Trinajstić information content (AvgIpc) is 2.47. The van der Waals surface area contributed by atoms with E-state index in [2.05, 4.69) is 12.1 Å². The van der Waals surface area contributed by atoms with Crippen molar-refractivity contribution in [1.29, 1.82) is 0 Å². The van der Waals surface area contributed by atoms with Gasteiger partial charge in [-0.25, -0.2) is 0 Å². The van der Waals surface area contributed by atoms with Crippen molar-refractivity contribution >= 4 is 5.78 Å². The van der Waals surface area contributed by atoms with Gasteiger partial charge in [-0.3, -0.25) is 4.79 Å². The minimum Gasteiger partial charge on any atom is -0.321 e. The number of ketones is 1. The maximum absolute atomic E-state index is 11.9. The second-order valence-electron chi connectivity index (χ2n) is 4.32. The number of benzene rings is 2. The van der Waals surface area contributed by atoms with E-state index in [9.17, 15) is 4.79 Å². The minimum atomic E-state index is -0.396. The molecule has 2 heteroatoms. The van der Waals surface area contributed by atoms with Gasteiger partial charge >= 0.3 is 0 Å². The molecule has 0 aliphatic heterocycles. The lowest BCUT2D eigenvalue weighted by Crippen LogP contribution is -2.29. The third-order valence-electron chi connectivity index (χ3n) is 3.05. The van der Waals surface area contributed by atoms with Gasteiger partial charge in [-0.05, 0) is 17.5 Å². The van der Waals surface area contributed by atoms with Crippen molar-refractivity contribution in [2.45, 2.75) is 19.4 Å². The quantitative estimate of drug-likeness (QED) is 0.832. The number of nitrogens with two attached hydrogens (primary N) is 1. The van der Waals surface area contributed by atoms with E-state index in [1.54, 1.807) is 0 Å². The Kier molecular flexibility index (Phi) is 3.90. The van der Waals surface area contributed by atoms with Crippen LogP contribution in [0.25, 0.3) is 11.1 Å². The summed E-state index contributed by atoms with van der Waals surface area (Å²) in [6.45, 7) is 1.92. The Balaban J connectivity index is 2.23. The molecule has 1 atom stereocenters. The van der Waals surface area contributed by atoms with Crippen LogP contribution in [0, 0.1) is 0 Å².